The van der Waals surface area contributed by atoms with Crippen molar-refractivity contribution < 1.29 is 14.6 Å². The highest BCUT2D eigenvalue weighted by molar-refractivity contribution is 5.94. The van der Waals surface area contributed by atoms with Gasteiger partial charge < -0.3 is 19.6 Å². The molecule has 0 saturated carbocycles. The number of aliphatic hydroxyl groups excluding tert-OH is 1. The Balaban J connectivity index is 1.35. The molecule has 33 heavy (non-hydrogen) atoms. The van der Waals surface area contributed by atoms with Crippen molar-refractivity contribution in [3.8, 4) is 22.6 Å². The first-order valence-corrected chi connectivity index (χ1v) is 10.9. The van der Waals surface area contributed by atoms with E-state index in [1.807, 2.05) is 47.2 Å². The lowest BCUT2D eigenvalue weighted by atomic mass is 10.1. The van der Waals surface area contributed by atoms with Crippen LogP contribution in [0.3, 0.4) is 0 Å². The number of β-amino-alcohol motifs (C(OH)–C–C–N with tert-alkyl or cyclic N) is 1. The smallest absolute Gasteiger partial charge is 0.260 e. The van der Waals surface area contributed by atoms with Gasteiger partial charge in [0.2, 0.25) is 0 Å². The van der Waals surface area contributed by atoms with Gasteiger partial charge in [0.25, 0.3) is 5.56 Å². The normalized spacial score (nSPS) is 15.5. The fourth-order valence-corrected chi connectivity index (χ4v) is 4.04. The van der Waals surface area contributed by atoms with Gasteiger partial charge in [-0.3, -0.25) is 19.2 Å². The van der Waals surface area contributed by atoms with Gasteiger partial charge in [0.05, 0.1) is 36.8 Å². The lowest BCUT2D eigenvalue weighted by Gasteiger charge is -2.28. The Hall–Kier alpha value is -3.53. The first-order valence-electron chi connectivity index (χ1n) is 10.9. The highest BCUT2D eigenvalue weighted by Gasteiger charge is 2.17. The molecule has 1 aliphatic heterocycles. The molecule has 9 heteroatoms. The van der Waals surface area contributed by atoms with Crippen molar-refractivity contribution >= 4 is 11.0 Å². The van der Waals surface area contributed by atoms with Crippen LogP contribution < -0.4 is 10.3 Å². The van der Waals surface area contributed by atoms with E-state index in [4.69, 9.17) is 9.47 Å². The molecular formula is C24H25N5O4. The molecule has 4 aromatic rings. The zero-order valence-corrected chi connectivity index (χ0v) is 18.1. The number of aromatic nitrogens is 4. The number of hydrogen-bond acceptors (Lipinski definition) is 7. The molecule has 2 N–H and O–H groups in total. The number of rotatable bonds is 7. The van der Waals surface area contributed by atoms with Crippen molar-refractivity contribution in [3.05, 3.63) is 71.7 Å². The van der Waals surface area contributed by atoms with Crippen LogP contribution in [-0.4, -0.2) is 75.1 Å². The van der Waals surface area contributed by atoms with Crippen molar-refractivity contribution in [2.24, 2.45) is 0 Å². The fraction of sp³-hybridized carbons (Fsp3) is 0.292. The average Bonchev–Trinajstić information content (AvgIpc) is 3.25. The minimum absolute atomic E-state index is 0.204. The van der Waals surface area contributed by atoms with E-state index in [1.54, 1.807) is 12.4 Å². The Morgan fingerprint density at radius 1 is 1.18 bits per heavy atom. The maximum Gasteiger partial charge on any atom is 0.260 e. The summed E-state index contributed by atoms with van der Waals surface area (Å²) in [7, 11) is 0. The Morgan fingerprint density at radius 3 is 2.76 bits per heavy atom. The molecule has 0 bridgehead atoms. The third-order valence-corrected chi connectivity index (χ3v) is 5.69. The summed E-state index contributed by atoms with van der Waals surface area (Å²) < 4.78 is 13.0. The topological polar surface area (TPSA) is 106 Å². The molecular weight excluding hydrogens is 422 g/mol. The first kappa shape index (κ1) is 21.3. The van der Waals surface area contributed by atoms with Crippen LogP contribution in [0.15, 0.2) is 66.1 Å². The molecule has 4 heterocycles. The summed E-state index contributed by atoms with van der Waals surface area (Å²) in [6.07, 6.45) is 6.15. The molecule has 5 rings (SSSR count). The molecule has 1 unspecified atom stereocenters. The summed E-state index contributed by atoms with van der Waals surface area (Å²) in [5, 5.41) is 10.8. The number of aliphatic hydroxyl groups is 1. The molecule has 9 nitrogen and oxygen atoms in total. The Labute approximate surface area is 190 Å². The second-order valence-electron chi connectivity index (χ2n) is 7.96. The zero-order valence-electron chi connectivity index (χ0n) is 18.1. The molecule has 0 amide bonds. The molecule has 1 fully saturated rings. The SMILES string of the molecule is O=c1[nH]cnc2c1c(-c1ccc(OCC(O)CN3CCOCC3)cc1)cn2-c1cccnc1. The first-order chi connectivity index (χ1) is 16.2. The van der Waals surface area contributed by atoms with Crippen LogP contribution in [0.25, 0.3) is 27.8 Å². The van der Waals surface area contributed by atoms with Gasteiger partial charge in [0, 0.05) is 37.6 Å². The summed E-state index contributed by atoms with van der Waals surface area (Å²) in [5.74, 6) is 0.655. The second kappa shape index (κ2) is 9.53. The van der Waals surface area contributed by atoms with Crippen molar-refractivity contribution in [3.63, 3.8) is 0 Å². The molecule has 3 aromatic heterocycles. The number of morpholine rings is 1. The second-order valence-corrected chi connectivity index (χ2v) is 7.96. The van der Waals surface area contributed by atoms with E-state index in [1.165, 1.54) is 6.33 Å². The van der Waals surface area contributed by atoms with Crippen LogP contribution in [-0.2, 0) is 4.74 Å². The van der Waals surface area contributed by atoms with Gasteiger partial charge in [-0.05, 0) is 29.8 Å². The van der Waals surface area contributed by atoms with Crippen LogP contribution in [0.4, 0.5) is 0 Å². The molecule has 170 valence electrons. The maximum absolute atomic E-state index is 12.6. The quantitative estimate of drug-likeness (QED) is 0.445. The highest BCUT2D eigenvalue weighted by Crippen LogP contribution is 2.30. The lowest BCUT2D eigenvalue weighted by molar-refractivity contribution is 0.00466. The van der Waals surface area contributed by atoms with Crippen molar-refractivity contribution in [2.75, 3.05) is 39.5 Å². The van der Waals surface area contributed by atoms with Crippen LogP contribution in [0, 0.1) is 0 Å². The third kappa shape index (κ3) is 4.65. The van der Waals surface area contributed by atoms with Crippen molar-refractivity contribution in [1.29, 1.82) is 0 Å². The summed E-state index contributed by atoms with van der Waals surface area (Å²) in [6, 6.07) is 11.2. The Morgan fingerprint density at radius 2 is 2.00 bits per heavy atom. The number of pyridine rings is 1. The third-order valence-electron chi connectivity index (χ3n) is 5.69. The van der Waals surface area contributed by atoms with Crippen LogP contribution >= 0.6 is 0 Å². The van der Waals surface area contributed by atoms with E-state index in [0.29, 0.717) is 36.5 Å². The standard InChI is InChI=1S/C24H25N5O4/c30-19(13-28-8-10-32-11-9-28)15-33-20-5-3-17(4-6-20)21-14-29(18-2-1-7-25-12-18)23-22(21)24(31)27-16-26-23/h1-7,12,14,16,19,30H,8-11,13,15H2,(H,26,27,31). The van der Waals surface area contributed by atoms with Gasteiger partial charge in [-0.25, -0.2) is 4.98 Å². The van der Waals surface area contributed by atoms with E-state index in [2.05, 4.69) is 19.9 Å². The van der Waals surface area contributed by atoms with Gasteiger partial charge in [-0.15, -0.1) is 0 Å². The molecule has 1 aliphatic rings. The number of benzene rings is 1. The number of nitrogens with one attached hydrogen (secondary N) is 1. The molecule has 0 radical (unpaired) electrons. The predicted octanol–water partition coefficient (Wildman–Crippen LogP) is 1.85. The van der Waals surface area contributed by atoms with Crippen LogP contribution in [0.1, 0.15) is 0 Å². The molecule has 0 spiro atoms. The maximum atomic E-state index is 12.6. The number of nitrogens with zero attached hydrogens (tertiary/aromatic N) is 4. The number of aromatic amines is 1. The van der Waals surface area contributed by atoms with E-state index < -0.39 is 6.10 Å². The zero-order chi connectivity index (χ0) is 22.6. The van der Waals surface area contributed by atoms with Gasteiger partial charge in [0.15, 0.2) is 5.65 Å². The van der Waals surface area contributed by atoms with E-state index in [9.17, 15) is 9.90 Å². The summed E-state index contributed by atoms with van der Waals surface area (Å²) >= 11 is 0. The summed E-state index contributed by atoms with van der Waals surface area (Å²) in [5.41, 5.74) is 2.81. The minimum atomic E-state index is -0.579. The van der Waals surface area contributed by atoms with Gasteiger partial charge in [-0.2, -0.15) is 0 Å². The largest absolute Gasteiger partial charge is 0.491 e. The Bertz CT molecular complexity index is 1260. The molecule has 1 saturated heterocycles. The van der Waals surface area contributed by atoms with Crippen LogP contribution in [0.2, 0.25) is 0 Å². The summed E-state index contributed by atoms with van der Waals surface area (Å²) in [4.78, 5) is 26.0. The monoisotopic (exact) mass is 447 g/mol. The minimum Gasteiger partial charge on any atom is -0.491 e. The number of hydrogen-bond donors (Lipinski definition) is 2. The number of H-pyrrole nitrogens is 1. The highest BCUT2D eigenvalue weighted by atomic mass is 16.5. The van der Waals surface area contributed by atoms with E-state index >= 15 is 0 Å². The average molecular weight is 447 g/mol. The predicted molar refractivity (Wildman–Crippen MR) is 124 cm³/mol. The van der Waals surface area contributed by atoms with Gasteiger partial charge in [0.1, 0.15) is 18.5 Å². The van der Waals surface area contributed by atoms with Gasteiger partial charge in [-0.1, -0.05) is 12.1 Å². The lowest BCUT2D eigenvalue weighted by Crippen LogP contribution is -2.42. The van der Waals surface area contributed by atoms with E-state index in [-0.39, 0.29) is 12.2 Å². The summed E-state index contributed by atoms with van der Waals surface area (Å²) in [6.45, 7) is 3.82. The van der Waals surface area contributed by atoms with E-state index in [0.717, 1.165) is 29.9 Å². The van der Waals surface area contributed by atoms with Crippen LogP contribution in [0.5, 0.6) is 5.75 Å². The van der Waals surface area contributed by atoms with Gasteiger partial charge >= 0.3 is 0 Å². The number of fused-ring (bicyclic) bond motifs is 1. The molecule has 1 atom stereocenters. The van der Waals surface area contributed by atoms with Crippen molar-refractivity contribution in [2.45, 2.75) is 6.10 Å². The fourth-order valence-electron chi connectivity index (χ4n) is 4.04. The molecule has 1 aromatic carbocycles. The van der Waals surface area contributed by atoms with Crippen molar-refractivity contribution in [1.82, 2.24) is 24.4 Å². The number of ether oxygens (including phenoxy) is 2. The Kier molecular flexibility index (Phi) is 6.16. The molecule has 0 aliphatic carbocycles.